The highest BCUT2D eigenvalue weighted by Crippen LogP contribution is 2.27. The Kier molecular flexibility index (Phi) is 5.77. The van der Waals surface area contributed by atoms with Crippen molar-refractivity contribution in [3.05, 3.63) is 28.3 Å². The highest BCUT2D eigenvalue weighted by atomic mass is 16.7. The van der Waals surface area contributed by atoms with Crippen LogP contribution in [0.5, 0.6) is 5.75 Å². The Hall–Kier alpha value is -2.08. The Labute approximate surface area is 136 Å². The Balaban J connectivity index is 2.81. The Morgan fingerprint density at radius 1 is 1.22 bits per heavy atom. The van der Waals surface area contributed by atoms with E-state index in [-0.39, 0.29) is 12.2 Å². The summed E-state index contributed by atoms with van der Waals surface area (Å²) in [5, 5.41) is 9.79. The molecule has 0 saturated heterocycles. The second-order valence-electron chi connectivity index (χ2n) is 6.64. The molecule has 0 fully saturated rings. The fraction of sp³-hybridized carbons (Fsp3) is 0.529. The molecule has 1 aromatic rings. The average molecular weight is 323 g/mol. The summed E-state index contributed by atoms with van der Waals surface area (Å²) in [6.45, 7) is 10.5. The lowest BCUT2D eigenvalue weighted by molar-refractivity contribution is -0.142. The highest BCUT2D eigenvalue weighted by Gasteiger charge is 2.25. The number of esters is 1. The molecule has 0 heterocycles. The van der Waals surface area contributed by atoms with E-state index < -0.39 is 23.8 Å². The van der Waals surface area contributed by atoms with Crippen LogP contribution >= 0.6 is 0 Å². The summed E-state index contributed by atoms with van der Waals surface area (Å²) in [7, 11) is 0. The van der Waals surface area contributed by atoms with E-state index in [0.29, 0.717) is 0 Å². The zero-order valence-corrected chi connectivity index (χ0v) is 14.5. The molecule has 0 aromatic heterocycles. The molecular weight excluding hydrogens is 298 g/mol. The Morgan fingerprint density at radius 3 is 2.30 bits per heavy atom. The third kappa shape index (κ3) is 5.25. The van der Waals surface area contributed by atoms with Crippen LogP contribution < -0.4 is 5.73 Å². The molecule has 3 N–H and O–H groups in total. The lowest BCUT2D eigenvalue weighted by Crippen LogP contribution is -2.37. The first-order valence-corrected chi connectivity index (χ1v) is 7.41. The van der Waals surface area contributed by atoms with Crippen LogP contribution in [0, 0.1) is 20.8 Å². The van der Waals surface area contributed by atoms with Crippen LogP contribution in [0.3, 0.4) is 0 Å². The van der Waals surface area contributed by atoms with Gasteiger partial charge in [-0.25, -0.2) is 9.59 Å². The van der Waals surface area contributed by atoms with E-state index in [1.807, 2.05) is 13.8 Å². The third-order valence-corrected chi connectivity index (χ3v) is 3.53. The van der Waals surface area contributed by atoms with Crippen molar-refractivity contribution in [1.29, 1.82) is 0 Å². The summed E-state index contributed by atoms with van der Waals surface area (Å²) < 4.78 is 9.54. The number of aryl methyl sites for hydroxylation is 1. The van der Waals surface area contributed by atoms with Gasteiger partial charge in [-0.15, -0.1) is 0 Å². The minimum atomic E-state index is -1.06. The lowest BCUT2D eigenvalue weighted by Gasteiger charge is -2.20. The van der Waals surface area contributed by atoms with Crippen molar-refractivity contribution >= 4 is 12.1 Å². The fourth-order valence-corrected chi connectivity index (χ4v) is 2.16. The van der Waals surface area contributed by atoms with Gasteiger partial charge in [0.1, 0.15) is 17.4 Å². The summed E-state index contributed by atoms with van der Waals surface area (Å²) in [5.74, 6) is -0.641. The SMILES string of the molecule is Cc1cc(O)c(C)c(C)c1C[C@H](N)C(=O)OC(=O)OC(C)(C)C. The van der Waals surface area contributed by atoms with Crippen LogP contribution in [0.15, 0.2) is 6.07 Å². The number of aromatic hydroxyl groups is 1. The number of phenolic OH excluding ortho intramolecular Hbond substituents is 1. The monoisotopic (exact) mass is 323 g/mol. The molecule has 0 amide bonds. The van der Waals surface area contributed by atoms with Crippen molar-refractivity contribution in [2.45, 2.75) is 59.6 Å². The molecule has 0 saturated carbocycles. The predicted octanol–water partition coefficient (Wildman–Crippen LogP) is 2.67. The van der Waals surface area contributed by atoms with Crippen LogP contribution in [0.2, 0.25) is 0 Å². The van der Waals surface area contributed by atoms with E-state index in [0.717, 1.165) is 22.3 Å². The van der Waals surface area contributed by atoms with E-state index in [1.165, 1.54) is 0 Å². The summed E-state index contributed by atoms with van der Waals surface area (Å²) in [5.41, 5.74) is 8.37. The lowest BCUT2D eigenvalue weighted by atomic mass is 9.93. The number of hydrogen-bond donors (Lipinski definition) is 2. The zero-order valence-electron chi connectivity index (χ0n) is 14.5. The van der Waals surface area contributed by atoms with Crippen LogP contribution in [0.25, 0.3) is 0 Å². The second kappa shape index (κ2) is 7.00. The molecule has 0 radical (unpaired) electrons. The number of benzene rings is 1. The largest absolute Gasteiger partial charge is 0.516 e. The van der Waals surface area contributed by atoms with E-state index >= 15 is 0 Å². The van der Waals surface area contributed by atoms with Gasteiger partial charge in [0.25, 0.3) is 0 Å². The van der Waals surface area contributed by atoms with E-state index in [2.05, 4.69) is 4.74 Å². The Morgan fingerprint density at radius 2 is 1.78 bits per heavy atom. The molecule has 6 heteroatoms. The number of hydrogen-bond acceptors (Lipinski definition) is 6. The molecule has 0 aliphatic heterocycles. The molecule has 6 nitrogen and oxygen atoms in total. The number of carbonyl (C=O) groups is 2. The number of ether oxygens (including phenoxy) is 2. The molecule has 0 unspecified atom stereocenters. The maximum atomic E-state index is 11.9. The van der Waals surface area contributed by atoms with Gasteiger partial charge in [0.2, 0.25) is 0 Å². The second-order valence-corrected chi connectivity index (χ2v) is 6.64. The average Bonchev–Trinajstić information content (AvgIpc) is 2.38. The topological polar surface area (TPSA) is 98.9 Å². The number of rotatable bonds is 3. The fourth-order valence-electron chi connectivity index (χ4n) is 2.16. The number of phenols is 1. The van der Waals surface area contributed by atoms with Gasteiger partial charge in [-0.1, -0.05) is 0 Å². The van der Waals surface area contributed by atoms with Crippen LogP contribution in [-0.4, -0.2) is 28.9 Å². The molecule has 0 bridgehead atoms. The van der Waals surface area contributed by atoms with Gasteiger partial charge in [-0.2, -0.15) is 0 Å². The molecule has 1 aromatic carbocycles. The van der Waals surface area contributed by atoms with Gasteiger partial charge in [-0.05, 0) is 76.3 Å². The third-order valence-electron chi connectivity index (χ3n) is 3.53. The van der Waals surface area contributed by atoms with Gasteiger partial charge in [0.15, 0.2) is 0 Å². The molecule has 23 heavy (non-hydrogen) atoms. The molecule has 1 atom stereocenters. The summed E-state index contributed by atoms with van der Waals surface area (Å²) in [6.07, 6.45) is -0.853. The zero-order chi connectivity index (χ0) is 17.9. The van der Waals surface area contributed by atoms with Gasteiger partial charge in [-0.3, -0.25) is 0 Å². The minimum absolute atomic E-state index is 0.202. The standard InChI is InChI=1S/C17H25NO5/c1-9-7-14(19)11(3)10(2)12(9)8-13(18)15(20)22-16(21)23-17(4,5)6/h7,13,19H,8,18H2,1-6H3/t13-/m0/s1. The van der Waals surface area contributed by atoms with Gasteiger partial charge in [0, 0.05) is 0 Å². The number of nitrogens with two attached hydrogens (primary N) is 1. The summed E-state index contributed by atoms with van der Waals surface area (Å²) in [4.78, 5) is 23.4. The van der Waals surface area contributed by atoms with Gasteiger partial charge in [0.05, 0.1) is 0 Å². The molecule has 0 spiro atoms. The minimum Gasteiger partial charge on any atom is -0.508 e. The molecule has 0 aliphatic rings. The maximum absolute atomic E-state index is 11.9. The summed E-state index contributed by atoms with van der Waals surface area (Å²) >= 11 is 0. The van der Waals surface area contributed by atoms with Crippen LogP contribution in [0.1, 0.15) is 43.0 Å². The van der Waals surface area contributed by atoms with Crippen LogP contribution in [0.4, 0.5) is 4.79 Å². The molecule has 1 rings (SSSR count). The Bertz CT molecular complexity index is 616. The molecule has 0 aliphatic carbocycles. The van der Waals surface area contributed by atoms with E-state index in [4.69, 9.17) is 10.5 Å². The van der Waals surface area contributed by atoms with Crippen molar-refractivity contribution in [2.75, 3.05) is 0 Å². The van der Waals surface area contributed by atoms with Crippen molar-refractivity contribution in [2.24, 2.45) is 5.73 Å². The number of carbonyl (C=O) groups excluding carboxylic acids is 2. The van der Waals surface area contributed by atoms with Crippen molar-refractivity contribution < 1.29 is 24.2 Å². The smallest absolute Gasteiger partial charge is 0.508 e. The first-order valence-electron chi connectivity index (χ1n) is 7.41. The summed E-state index contributed by atoms with van der Waals surface area (Å²) in [6, 6.07) is 0.632. The van der Waals surface area contributed by atoms with Crippen molar-refractivity contribution in [3.63, 3.8) is 0 Å². The van der Waals surface area contributed by atoms with Crippen molar-refractivity contribution in [3.8, 4) is 5.75 Å². The quantitative estimate of drug-likeness (QED) is 0.655. The first-order chi connectivity index (χ1) is 10.4. The van der Waals surface area contributed by atoms with Crippen molar-refractivity contribution in [1.82, 2.24) is 0 Å². The predicted molar refractivity (Wildman–Crippen MR) is 86.3 cm³/mol. The normalized spacial score (nSPS) is 12.7. The van der Waals surface area contributed by atoms with E-state index in [1.54, 1.807) is 33.8 Å². The van der Waals surface area contributed by atoms with Crippen LogP contribution in [-0.2, 0) is 20.7 Å². The van der Waals surface area contributed by atoms with Gasteiger partial charge >= 0.3 is 12.1 Å². The molecular formula is C17H25NO5. The molecule has 128 valence electrons. The van der Waals surface area contributed by atoms with E-state index in [9.17, 15) is 14.7 Å². The maximum Gasteiger partial charge on any atom is 0.516 e. The van der Waals surface area contributed by atoms with Gasteiger partial charge < -0.3 is 20.3 Å². The highest BCUT2D eigenvalue weighted by molar-refractivity contribution is 5.85. The first kappa shape index (κ1) is 19.0.